The van der Waals surface area contributed by atoms with E-state index in [-0.39, 0.29) is 58.0 Å². The van der Waals surface area contributed by atoms with E-state index in [0.717, 1.165) is 23.1 Å². The molecule has 0 spiro atoms. The molecule has 30 heavy (non-hydrogen) atoms. The van der Waals surface area contributed by atoms with E-state index in [4.69, 9.17) is 11.6 Å². The van der Waals surface area contributed by atoms with E-state index in [0.29, 0.717) is 22.7 Å². The minimum absolute atomic E-state index is 0. The van der Waals surface area contributed by atoms with Gasteiger partial charge in [0.2, 0.25) is 0 Å². The van der Waals surface area contributed by atoms with Gasteiger partial charge in [0.15, 0.2) is 5.75 Å². The Hall–Kier alpha value is -1.49. The molecule has 3 rings (SSSR count). The van der Waals surface area contributed by atoms with Gasteiger partial charge in [-0.3, -0.25) is 4.79 Å². The van der Waals surface area contributed by atoms with Crippen LogP contribution in [0.4, 0.5) is 0 Å². The van der Waals surface area contributed by atoms with Crippen LogP contribution in [-0.2, 0) is 45.7 Å². The molecular weight excluding hydrogens is 473 g/mol. The van der Waals surface area contributed by atoms with Crippen molar-refractivity contribution in [2.24, 2.45) is 0 Å². The molecule has 0 amide bonds. The van der Waals surface area contributed by atoms with E-state index in [9.17, 15) is 9.90 Å². The Bertz CT molecular complexity index is 1000. The van der Waals surface area contributed by atoms with Gasteiger partial charge in [-0.15, -0.1) is 0 Å². The van der Waals surface area contributed by atoms with Crippen LogP contribution >= 0.6 is 11.6 Å². The summed E-state index contributed by atoms with van der Waals surface area (Å²) in [5.41, 5.74) is 2.97. The zero-order chi connectivity index (χ0) is 20.7. The van der Waals surface area contributed by atoms with Crippen molar-refractivity contribution in [1.82, 2.24) is 9.78 Å². The van der Waals surface area contributed by atoms with E-state index in [1.807, 2.05) is 70.2 Å². The van der Waals surface area contributed by atoms with Crippen molar-refractivity contribution in [2.75, 3.05) is 0 Å². The van der Waals surface area contributed by atoms with Gasteiger partial charge in [-0.05, 0) is 36.1 Å². The first-order valence-corrected chi connectivity index (χ1v) is 10.0. The van der Waals surface area contributed by atoms with Crippen molar-refractivity contribution >= 4 is 11.6 Å². The second-order valence-corrected chi connectivity index (χ2v) is 6.70. The van der Waals surface area contributed by atoms with Crippen molar-refractivity contribution in [1.29, 1.82) is 0 Å². The van der Waals surface area contributed by atoms with Gasteiger partial charge in [0, 0.05) is 37.7 Å². The number of benzene rings is 2. The van der Waals surface area contributed by atoms with E-state index in [1.165, 1.54) is 4.68 Å². The summed E-state index contributed by atoms with van der Waals surface area (Å²) < 4.78 is 1.40. The quantitative estimate of drug-likeness (QED) is 0.432. The third-order valence-corrected chi connectivity index (χ3v) is 4.75. The topological polar surface area (TPSA) is 55.1 Å². The summed E-state index contributed by atoms with van der Waals surface area (Å²) in [6.45, 7) is 8.19. The van der Waals surface area contributed by atoms with Crippen molar-refractivity contribution in [3.63, 3.8) is 0 Å². The van der Waals surface area contributed by atoms with E-state index >= 15 is 0 Å². The minimum atomic E-state index is -0.323. The molecule has 0 fully saturated rings. The number of aromatic nitrogens is 2. The first kappa shape index (κ1) is 28.5. The molecule has 2 aromatic carbocycles. The summed E-state index contributed by atoms with van der Waals surface area (Å²) in [5.74, 6) is -0.0263. The molecule has 1 aromatic heterocycles. The molecule has 0 bridgehead atoms. The van der Waals surface area contributed by atoms with E-state index in [1.54, 1.807) is 6.07 Å². The van der Waals surface area contributed by atoms with Crippen LogP contribution in [0.3, 0.4) is 0 Å². The number of aromatic hydroxyl groups is 1. The summed E-state index contributed by atoms with van der Waals surface area (Å²) in [6.07, 6.45) is 1.41. The van der Waals surface area contributed by atoms with Gasteiger partial charge in [-0.2, -0.15) is 5.10 Å². The van der Waals surface area contributed by atoms with Gasteiger partial charge in [0.05, 0.1) is 12.1 Å². The fraction of sp³-hybridized carbons (Fsp3) is 0.292. The predicted molar refractivity (Wildman–Crippen MR) is 123 cm³/mol. The Morgan fingerprint density at radius 2 is 1.67 bits per heavy atom. The maximum atomic E-state index is 13.1. The second kappa shape index (κ2) is 13.7. The predicted octanol–water partition coefficient (Wildman–Crippen LogP) is 6.05. The number of rotatable bonds is 5. The third kappa shape index (κ3) is 6.50. The largest absolute Gasteiger partial charge is 0.505 e. The molecule has 0 aliphatic rings. The molecule has 0 unspecified atom stereocenters. The smallest absolute Gasteiger partial charge is 0.278 e. The SMILES string of the molecule is CC.CCCc1nn(Cc2ccccc2Cl)c(=O)c(-c2ccccc2C)c1O.[CH3-].[Y]. The average molecular weight is 503 g/mol. The first-order chi connectivity index (χ1) is 13.5. The molecule has 0 saturated carbocycles. The Morgan fingerprint density at radius 1 is 1.07 bits per heavy atom. The molecule has 0 aliphatic carbocycles. The monoisotopic (exact) mass is 502 g/mol. The van der Waals surface area contributed by atoms with E-state index < -0.39 is 0 Å². The van der Waals surface area contributed by atoms with Crippen molar-refractivity contribution in [2.45, 2.75) is 47.1 Å². The average Bonchev–Trinajstić information content (AvgIpc) is 2.70. The molecule has 0 aliphatic heterocycles. The van der Waals surface area contributed by atoms with Crippen LogP contribution in [-0.4, -0.2) is 14.9 Å². The number of nitrogens with zero attached hydrogens (tertiary/aromatic N) is 2. The normalized spacial score (nSPS) is 9.63. The van der Waals surface area contributed by atoms with Crippen LogP contribution in [0, 0.1) is 14.4 Å². The summed E-state index contributed by atoms with van der Waals surface area (Å²) in [4.78, 5) is 13.1. The first-order valence-electron chi connectivity index (χ1n) is 9.65. The summed E-state index contributed by atoms with van der Waals surface area (Å²) in [5, 5.41) is 15.7. The molecular formula is C24H30ClN2O2Y-. The fourth-order valence-electron chi connectivity index (χ4n) is 3.01. The van der Waals surface area contributed by atoms with Crippen LogP contribution in [0.2, 0.25) is 5.02 Å². The standard InChI is InChI=1S/C21H21ClN2O2.C2H6.CH3.Y/c1-3-8-18-20(25)19(16-11-6-4-9-14(16)2)21(26)24(23-18)13-15-10-5-7-12-17(15)22;1-2;;/h4-7,9-12,25H,3,8,13H2,1-2H3;1-2H3;1H3;/q;;-1;. The zero-order valence-electron chi connectivity index (χ0n) is 18.4. The molecule has 3 aromatic rings. The minimum Gasteiger partial charge on any atom is -0.505 e. The van der Waals surface area contributed by atoms with Gasteiger partial charge in [0.25, 0.3) is 5.56 Å². The van der Waals surface area contributed by atoms with Crippen LogP contribution < -0.4 is 5.56 Å². The number of hydrogen-bond donors (Lipinski definition) is 1. The van der Waals surface area contributed by atoms with Crippen LogP contribution in [0.15, 0.2) is 53.3 Å². The third-order valence-electron chi connectivity index (χ3n) is 4.38. The van der Waals surface area contributed by atoms with Crippen molar-refractivity contribution < 1.29 is 37.8 Å². The fourth-order valence-corrected chi connectivity index (χ4v) is 3.21. The van der Waals surface area contributed by atoms with E-state index in [2.05, 4.69) is 5.10 Å². The molecule has 6 heteroatoms. The number of halogens is 1. The Morgan fingerprint density at radius 3 is 2.27 bits per heavy atom. The van der Waals surface area contributed by atoms with Gasteiger partial charge in [-0.1, -0.05) is 81.3 Å². The molecule has 1 N–H and O–H groups in total. The molecule has 1 heterocycles. The maximum absolute atomic E-state index is 13.1. The molecule has 0 saturated heterocycles. The molecule has 159 valence electrons. The van der Waals surface area contributed by atoms with Crippen molar-refractivity contribution in [3.8, 4) is 16.9 Å². The Labute approximate surface area is 210 Å². The summed E-state index contributed by atoms with van der Waals surface area (Å²) in [6, 6.07) is 14.9. The zero-order valence-corrected chi connectivity index (χ0v) is 22.0. The maximum Gasteiger partial charge on any atom is 0.278 e. The van der Waals surface area contributed by atoms with Crippen molar-refractivity contribution in [3.05, 3.63) is 88.2 Å². The second-order valence-electron chi connectivity index (χ2n) is 6.29. The van der Waals surface area contributed by atoms with Gasteiger partial charge in [-0.25, -0.2) is 4.68 Å². The summed E-state index contributed by atoms with van der Waals surface area (Å²) >= 11 is 6.25. The number of aryl methyl sites for hydroxylation is 2. The van der Waals surface area contributed by atoms with Gasteiger partial charge in [0.1, 0.15) is 5.69 Å². The van der Waals surface area contributed by atoms with Gasteiger partial charge < -0.3 is 12.5 Å². The molecule has 1 radical (unpaired) electrons. The van der Waals surface area contributed by atoms with Crippen LogP contribution in [0.5, 0.6) is 5.75 Å². The van der Waals surface area contributed by atoms with Crippen LogP contribution in [0.1, 0.15) is 44.0 Å². The summed E-state index contributed by atoms with van der Waals surface area (Å²) in [7, 11) is 0. The number of hydrogen-bond acceptors (Lipinski definition) is 3. The molecule has 4 nitrogen and oxygen atoms in total. The Kier molecular flexibility index (Phi) is 13.1. The van der Waals surface area contributed by atoms with Crippen LogP contribution in [0.25, 0.3) is 11.1 Å². The Balaban J connectivity index is 0.00000204. The van der Waals surface area contributed by atoms with Gasteiger partial charge >= 0.3 is 0 Å². The molecule has 0 atom stereocenters.